The van der Waals surface area contributed by atoms with Crippen LogP contribution in [0.1, 0.15) is 12.8 Å². The molecule has 1 aliphatic rings. The number of carboxylic acid groups (broad SMARTS) is 1. The quantitative estimate of drug-likeness (QED) is 0.891. The Kier molecular flexibility index (Phi) is 4.37. The van der Waals surface area contributed by atoms with E-state index >= 15 is 0 Å². The van der Waals surface area contributed by atoms with Crippen molar-refractivity contribution in [2.24, 2.45) is 0 Å². The van der Waals surface area contributed by atoms with Crippen molar-refractivity contribution in [3.05, 3.63) is 30.3 Å². The summed E-state index contributed by atoms with van der Waals surface area (Å²) in [7, 11) is 1.57. The van der Waals surface area contributed by atoms with Crippen LogP contribution in [0.25, 0.3) is 11.3 Å². The van der Waals surface area contributed by atoms with Crippen LogP contribution in [0.15, 0.2) is 34.9 Å². The smallest absolute Gasteiger partial charge is 0.407 e. The Morgan fingerprint density at radius 1 is 1.42 bits per heavy atom. The van der Waals surface area contributed by atoms with E-state index in [1.165, 1.54) is 0 Å². The van der Waals surface area contributed by atoms with E-state index in [4.69, 9.17) is 14.4 Å². The highest BCUT2D eigenvalue weighted by molar-refractivity contribution is 5.96. The zero-order chi connectivity index (χ0) is 17.1. The SMILES string of the molecule is COc1cccc(-c2cc(NC(=O)C3CCCN3C(=O)O)no2)c1. The molecule has 1 saturated heterocycles. The Hall–Kier alpha value is -3.03. The average molecular weight is 331 g/mol. The fraction of sp³-hybridized carbons (Fsp3) is 0.312. The van der Waals surface area contributed by atoms with E-state index in [2.05, 4.69) is 10.5 Å². The molecule has 24 heavy (non-hydrogen) atoms. The Balaban J connectivity index is 1.72. The normalized spacial score (nSPS) is 16.9. The van der Waals surface area contributed by atoms with Gasteiger partial charge >= 0.3 is 6.09 Å². The fourth-order valence-corrected chi connectivity index (χ4v) is 2.72. The molecular weight excluding hydrogens is 314 g/mol. The topological polar surface area (TPSA) is 105 Å². The van der Waals surface area contributed by atoms with Gasteiger partial charge in [-0.1, -0.05) is 17.3 Å². The first-order chi connectivity index (χ1) is 11.6. The predicted octanol–water partition coefficient (Wildman–Crippen LogP) is 2.43. The van der Waals surface area contributed by atoms with Crippen LogP contribution in [-0.2, 0) is 4.79 Å². The van der Waals surface area contributed by atoms with Gasteiger partial charge in [-0.05, 0) is 25.0 Å². The van der Waals surface area contributed by atoms with Gasteiger partial charge in [0.15, 0.2) is 11.6 Å². The standard InChI is InChI=1S/C16H17N3O5/c1-23-11-5-2-4-10(8-11)13-9-14(18-24-13)17-15(20)12-6-3-7-19(12)16(21)22/h2,4-5,8-9,12H,3,6-7H2,1H3,(H,21,22)(H,17,18,20). The van der Waals surface area contributed by atoms with Crippen LogP contribution in [-0.4, -0.2) is 46.9 Å². The van der Waals surface area contributed by atoms with Gasteiger partial charge in [-0.3, -0.25) is 9.69 Å². The highest BCUT2D eigenvalue weighted by Gasteiger charge is 2.34. The number of aromatic nitrogens is 1. The third-order valence-electron chi connectivity index (χ3n) is 3.92. The molecule has 0 aliphatic carbocycles. The Morgan fingerprint density at radius 2 is 2.25 bits per heavy atom. The second-order valence-electron chi connectivity index (χ2n) is 5.43. The lowest BCUT2D eigenvalue weighted by molar-refractivity contribution is -0.119. The summed E-state index contributed by atoms with van der Waals surface area (Å²) in [4.78, 5) is 24.5. The number of carbonyl (C=O) groups is 2. The number of methoxy groups -OCH3 is 1. The van der Waals surface area contributed by atoms with Gasteiger partial charge in [-0.15, -0.1) is 0 Å². The number of rotatable bonds is 4. The second kappa shape index (κ2) is 6.61. The number of anilines is 1. The van der Waals surface area contributed by atoms with Crippen molar-refractivity contribution in [3.8, 4) is 17.1 Å². The van der Waals surface area contributed by atoms with Crippen LogP contribution in [0.4, 0.5) is 10.6 Å². The molecule has 8 nitrogen and oxygen atoms in total. The molecule has 126 valence electrons. The Labute approximate surface area is 138 Å². The molecule has 0 saturated carbocycles. The summed E-state index contributed by atoms with van der Waals surface area (Å²) in [6, 6.07) is 8.14. The van der Waals surface area contributed by atoms with Crippen molar-refractivity contribution in [1.29, 1.82) is 0 Å². The van der Waals surface area contributed by atoms with Crippen LogP contribution >= 0.6 is 0 Å². The molecule has 3 rings (SSSR count). The van der Waals surface area contributed by atoms with Crippen LogP contribution in [0, 0.1) is 0 Å². The lowest BCUT2D eigenvalue weighted by atomic mass is 10.1. The van der Waals surface area contributed by atoms with E-state index in [-0.39, 0.29) is 5.82 Å². The van der Waals surface area contributed by atoms with Crippen molar-refractivity contribution < 1.29 is 24.0 Å². The number of benzene rings is 1. The van der Waals surface area contributed by atoms with Crippen molar-refractivity contribution in [2.75, 3.05) is 19.0 Å². The number of hydrogen-bond acceptors (Lipinski definition) is 5. The van der Waals surface area contributed by atoms with Crippen molar-refractivity contribution in [3.63, 3.8) is 0 Å². The van der Waals surface area contributed by atoms with Gasteiger partial charge < -0.3 is 19.7 Å². The Bertz CT molecular complexity index is 758. The largest absolute Gasteiger partial charge is 0.497 e. The van der Waals surface area contributed by atoms with Crippen molar-refractivity contribution in [1.82, 2.24) is 10.1 Å². The molecular formula is C16H17N3O5. The molecule has 2 amide bonds. The minimum atomic E-state index is -1.09. The lowest BCUT2D eigenvalue weighted by Crippen LogP contribution is -2.42. The van der Waals surface area contributed by atoms with Crippen LogP contribution < -0.4 is 10.1 Å². The molecule has 2 aromatic rings. The van der Waals surface area contributed by atoms with Gasteiger partial charge in [0.1, 0.15) is 11.8 Å². The van der Waals surface area contributed by atoms with Crippen LogP contribution in [0.3, 0.4) is 0 Å². The predicted molar refractivity (Wildman–Crippen MR) is 84.9 cm³/mol. The monoisotopic (exact) mass is 331 g/mol. The van der Waals surface area contributed by atoms with E-state index in [0.717, 1.165) is 10.5 Å². The third kappa shape index (κ3) is 3.17. The van der Waals surface area contributed by atoms with Crippen molar-refractivity contribution >= 4 is 17.8 Å². The number of nitrogens with one attached hydrogen (secondary N) is 1. The second-order valence-corrected chi connectivity index (χ2v) is 5.43. The molecule has 0 spiro atoms. The van der Waals surface area contributed by atoms with Gasteiger partial charge in [-0.25, -0.2) is 4.79 Å². The molecule has 1 fully saturated rings. The fourth-order valence-electron chi connectivity index (χ4n) is 2.72. The molecule has 1 unspecified atom stereocenters. The maximum Gasteiger partial charge on any atom is 0.407 e. The van der Waals surface area contributed by atoms with Gasteiger partial charge in [0.25, 0.3) is 0 Å². The first-order valence-electron chi connectivity index (χ1n) is 7.50. The molecule has 0 bridgehead atoms. The third-order valence-corrected chi connectivity index (χ3v) is 3.92. The minimum Gasteiger partial charge on any atom is -0.497 e. The first-order valence-corrected chi connectivity index (χ1v) is 7.50. The number of amides is 2. The molecule has 1 atom stereocenters. The number of hydrogen-bond donors (Lipinski definition) is 2. The molecule has 0 radical (unpaired) electrons. The van der Waals surface area contributed by atoms with E-state index in [9.17, 15) is 9.59 Å². The summed E-state index contributed by atoms with van der Waals surface area (Å²) < 4.78 is 10.4. The molecule has 1 aliphatic heterocycles. The molecule has 2 heterocycles. The van der Waals surface area contributed by atoms with Crippen molar-refractivity contribution in [2.45, 2.75) is 18.9 Å². The summed E-state index contributed by atoms with van der Waals surface area (Å²) in [5, 5.41) is 15.5. The van der Waals surface area contributed by atoms with Gasteiger partial charge in [-0.2, -0.15) is 0 Å². The number of nitrogens with zero attached hydrogens (tertiary/aromatic N) is 2. The molecule has 1 aromatic heterocycles. The van der Waals surface area contributed by atoms with E-state index in [1.54, 1.807) is 19.2 Å². The zero-order valence-corrected chi connectivity index (χ0v) is 13.1. The number of likely N-dealkylation sites (tertiary alicyclic amines) is 1. The first kappa shape index (κ1) is 15.9. The summed E-state index contributed by atoms with van der Waals surface area (Å²) in [6.45, 7) is 0.362. The number of ether oxygens (including phenoxy) is 1. The van der Waals surface area contributed by atoms with Gasteiger partial charge in [0, 0.05) is 18.2 Å². The summed E-state index contributed by atoms with van der Waals surface area (Å²) in [6.07, 6.45) is 0.0710. The Morgan fingerprint density at radius 3 is 3.00 bits per heavy atom. The maximum atomic E-state index is 12.3. The van der Waals surface area contributed by atoms with Crippen LogP contribution in [0.2, 0.25) is 0 Å². The maximum absolute atomic E-state index is 12.3. The average Bonchev–Trinajstić information content (AvgIpc) is 3.24. The summed E-state index contributed by atoms with van der Waals surface area (Å²) >= 11 is 0. The van der Waals surface area contributed by atoms with E-state index in [0.29, 0.717) is 30.9 Å². The summed E-state index contributed by atoms with van der Waals surface area (Å²) in [5.41, 5.74) is 0.760. The van der Waals surface area contributed by atoms with Gasteiger partial charge in [0.2, 0.25) is 5.91 Å². The van der Waals surface area contributed by atoms with Crippen LogP contribution in [0.5, 0.6) is 5.75 Å². The number of carbonyl (C=O) groups excluding carboxylic acids is 1. The molecule has 1 aromatic carbocycles. The highest BCUT2D eigenvalue weighted by atomic mass is 16.5. The molecule has 2 N–H and O–H groups in total. The van der Waals surface area contributed by atoms with E-state index < -0.39 is 18.0 Å². The minimum absolute atomic E-state index is 0.245. The summed E-state index contributed by atoms with van der Waals surface area (Å²) in [5.74, 6) is 0.999. The van der Waals surface area contributed by atoms with Gasteiger partial charge in [0.05, 0.1) is 7.11 Å². The highest BCUT2D eigenvalue weighted by Crippen LogP contribution is 2.26. The zero-order valence-electron chi connectivity index (χ0n) is 13.1. The molecule has 8 heteroatoms. The lowest BCUT2D eigenvalue weighted by Gasteiger charge is -2.19. The van der Waals surface area contributed by atoms with E-state index in [1.807, 2.05) is 18.2 Å².